The summed E-state index contributed by atoms with van der Waals surface area (Å²) in [6.45, 7) is 13.3. The van der Waals surface area contributed by atoms with Gasteiger partial charge in [0.15, 0.2) is 0 Å². The van der Waals surface area contributed by atoms with Gasteiger partial charge in [-0.1, -0.05) is 79.7 Å². The Morgan fingerprint density at radius 1 is 1.06 bits per heavy atom. The average molecular weight is 663 g/mol. The quantitative estimate of drug-likeness (QED) is 0.186. The summed E-state index contributed by atoms with van der Waals surface area (Å²) in [6, 6.07) is 5.13. The standard InChI is InChI=1S/C28H39Br3O3/c1-17-7-10-23(30)28(6)14-11-22(29)26(2,3)13-12-24(27(4,5)31)34-25(33)18-8-9-21(32)19(15-18)16-20(17)28/h8-9,15,22-24,32H,7,10-14,16H2,1-6H3/t22-,23+,24+,28+/m1/s1. The summed E-state index contributed by atoms with van der Waals surface area (Å²) in [6.07, 6.45) is 6.35. The second kappa shape index (κ2) is 10.6. The maximum absolute atomic E-state index is 13.2. The van der Waals surface area contributed by atoms with Gasteiger partial charge in [-0.15, -0.1) is 0 Å². The number of phenolic OH excluding ortho intramolecular Hbond substituents is 1. The first-order chi connectivity index (χ1) is 15.6. The molecule has 6 heteroatoms. The Hall–Kier alpha value is -0.330. The van der Waals surface area contributed by atoms with Crippen LogP contribution in [0.4, 0.5) is 0 Å². The topological polar surface area (TPSA) is 46.5 Å². The van der Waals surface area contributed by atoms with E-state index in [1.165, 1.54) is 11.1 Å². The molecule has 0 saturated heterocycles. The molecule has 1 N–H and O–H groups in total. The first-order valence-electron chi connectivity index (χ1n) is 12.3. The maximum atomic E-state index is 13.2. The molecular formula is C28H39Br3O3. The van der Waals surface area contributed by atoms with Crippen molar-refractivity contribution in [3.8, 4) is 5.75 Å². The maximum Gasteiger partial charge on any atom is 0.338 e. The van der Waals surface area contributed by atoms with Crippen LogP contribution in [0.5, 0.6) is 5.75 Å². The Kier molecular flexibility index (Phi) is 8.78. The number of rotatable bonds is 1. The predicted octanol–water partition coefficient (Wildman–Crippen LogP) is 8.88. The Bertz CT molecular complexity index is 947. The van der Waals surface area contributed by atoms with Crippen molar-refractivity contribution in [2.75, 3.05) is 0 Å². The number of allylic oxidation sites excluding steroid dienone is 2. The number of benzene rings is 1. The lowest BCUT2D eigenvalue weighted by molar-refractivity contribution is 0.0178. The third-order valence-corrected chi connectivity index (χ3v) is 11.9. The summed E-state index contributed by atoms with van der Waals surface area (Å²) in [7, 11) is 0. The van der Waals surface area contributed by atoms with E-state index in [2.05, 4.69) is 89.3 Å². The molecule has 3 rings (SSSR count). The van der Waals surface area contributed by atoms with E-state index in [1.807, 2.05) is 6.07 Å². The minimum Gasteiger partial charge on any atom is -0.508 e. The van der Waals surface area contributed by atoms with Crippen LogP contribution in [0.2, 0.25) is 0 Å². The van der Waals surface area contributed by atoms with Crippen molar-refractivity contribution in [3.05, 3.63) is 40.5 Å². The fraction of sp³-hybridized carbons (Fsp3) is 0.679. The molecule has 0 spiro atoms. The number of esters is 1. The number of hydrogen-bond acceptors (Lipinski definition) is 3. The van der Waals surface area contributed by atoms with E-state index in [4.69, 9.17) is 4.74 Å². The molecule has 1 aromatic rings. The van der Waals surface area contributed by atoms with Gasteiger partial charge in [-0.2, -0.15) is 0 Å². The lowest BCUT2D eigenvalue weighted by atomic mass is 9.66. The Balaban J connectivity index is 2.09. The molecule has 1 aromatic carbocycles. The Morgan fingerprint density at radius 2 is 1.74 bits per heavy atom. The number of hydrogen-bond donors (Lipinski definition) is 1. The van der Waals surface area contributed by atoms with E-state index in [1.54, 1.807) is 12.1 Å². The van der Waals surface area contributed by atoms with Crippen molar-refractivity contribution < 1.29 is 14.6 Å². The van der Waals surface area contributed by atoms with Crippen molar-refractivity contribution in [1.82, 2.24) is 0 Å². The first kappa shape index (κ1) is 28.2. The molecular weight excluding hydrogens is 624 g/mol. The largest absolute Gasteiger partial charge is 0.508 e. The second-order valence-corrected chi connectivity index (χ2v) is 15.9. The number of alkyl halides is 3. The van der Waals surface area contributed by atoms with Gasteiger partial charge in [0, 0.05) is 15.1 Å². The fourth-order valence-electron chi connectivity index (χ4n) is 5.41. The molecule has 34 heavy (non-hydrogen) atoms. The predicted molar refractivity (Wildman–Crippen MR) is 152 cm³/mol. The number of phenols is 1. The molecule has 3 nitrogen and oxygen atoms in total. The van der Waals surface area contributed by atoms with Crippen molar-refractivity contribution in [1.29, 1.82) is 0 Å². The van der Waals surface area contributed by atoms with Crippen molar-refractivity contribution in [2.24, 2.45) is 10.8 Å². The highest BCUT2D eigenvalue weighted by molar-refractivity contribution is 9.10. The zero-order valence-electron chi connectivity index (χ0n) is 21.3. The highest BCUT2D eigenvalue weighted by Crippen LogP contribution is 2.51. The molecule has 1 aliphatic heterocycles. The van der Waals surface area contributed by atoms with Crippen molar-refractivity contribution >= 4 is 53.8 Å². The van der Waals surface area contributed by atoms with Crippen LogP contribution < -0.4 is 0 Å². The Morgan fingerprint density at radius 3 is 2.38 bits per heavy atom. The van der Waals surface area contributed by atoms with Gasteiger partial charge in [0.05, 0.1) is 9.89 Å². The minimum absolute atomic E-state index is 0.0199. The van der Waals surface area contributed by atoms with Gasteiger partial charge < -0.3 is 9.84 Å². The van der Waals surface area contributed by atoms with E-state index in [-0.39, 0.29) is 33.0 Å². The van der Waals surface area contributed by atoms with Gasteiger partial charge >= 0.3 is 5.97 Å². The van der Waals surface area contributed by atoms with E-state index in [9.17, 15) is 9.90 Å². The number of carbonyl (C=O) groups excluding carboxylic acids is 1. The molecule has 2 aliphatic rings. The first-order valence-corrected chi connectivity index (χ1v) is 15.0. The van der Waals surface area contributed by atoms with E-state index in [0.29, 0.717) is 21.6 Å². The number of cyclic esters (lactones) is 1. The molecule has 2 bridgehead atoms. The van der Waals surface area contributed by atoms with Crippen LogP contribution in [0.15, 0.2) is 29.3 Å². The molecule has 0 unspecified atom stereocenters. The number of fused-ring (bicyclic) bond motifs is 3. The van der Waals surface area contributed by atoms with E-state index < -0.39 is 0 Å². The zero-order chi connectivity index (χ0) is 25.5. The number of ether oxygens (including phenoxy) is 1. The summed E-state index contributed by atoms with van der Waals surface area (Å²) >= 11 is 11.8. The highest BCUT2D eigenvalue weighted by Gasteiger charge is 2.42. The van der Waals surface area contributed by atoms with Gasteiger partial charge in [0.2, 0.25) is 0 Å². The molecule has 0 aromatic heterocycles. The van der Waals surface area contributed by atoms with Crippen LogP contribution in [0.3, 0.4) is 0 Å². The summed E-state index contributed by atoms with van der Waals surface area (Å²) in [4.78, 5) is 13.9. The smallest absolute Gasteiger partial charge is 0.338 e. The lowest BCUT2D eigenvalue weighted by Crippen LogP contribution is -2.38. The van der Waals surface area contributed by atoms with E-state index >= 15 is 0 Å². The van der Waals surface area contributed by atoms with Crippen molar-refractivity contribution in [3.63, 3.8) is 0 Å². The monoisotopic (exact) mass is 660 g/mol. The summed E-state index contributed by atoms with van der Waals surface area (Å²) in [5, 5.41) is 10.7. The average Bonchev–Trinajstić information content (AvgIpc) is 2.75. The molecule has 1 heterocycles. The van der Waals surface area contributed by atoms with Crippen LogP contribution in [-0.2, 0) is 11.2 Å². The molecule has 4 atom stereocenters. The summed E-state index contributed by atoms with van der Waals surface area (Å²) in [5.41, 5.74) is 4.10. The second-order valence-electron chi connectivity index (χ2n) is 11.7. The molecule has 0 saturated carbocycles. The van der Waals surface area contributed by atoms with E-state index in [0.717, 1.165) is 44.1 Å². The van der Waals surface area contributed by atoms with Crippen molar-refractivity contribution in [2.45, 2.75) is 107 Å². The molecule has 190 valence electrons. The SMILES string of the molecule is CC1=C2Cc3cc(ccc3O)C(=O)O[C@H](C(C)(C)Br)CCC(C)(C)[C@H](Br)CC[C@]2(C)[C@@H](Br)CC1. The van der Waals surface area contributed by atoms with Gasteiger partial charge in [-0.25, -0.2) is 4.79 Å². The van der Waals surface area contributed by atoms with Gasteiger partial charge in [-0.3, -0.25) is 0 Å². The molecule has 0 amide bonds. The molecule has 0 fully saturated rings. The third kappa shape index (κ3) is 6.14. The number of carbonyl (C=O) groups is 1. The summed E-state index contributed by atoms with van der Waals surface area (Å²) in [5.74, 6) is -0.102. The fourth-order valence-corrected chi connectivity index (χ4v) is 6.92. The van der Waals surface area contributed by atoms with Crippen LogP contribution in [0.25, 0.3) is 0 Å². The third-order valence-electron chi connectivity index (χ3n) is 8.18. The number of aromatic hydroxyl groups is 1. The van der Waals surface area contributed by atoms with Gasteiger partial charge in [0.1, 0.15) is 11.9 Å². The lowest BCUT2D eigenvalue weighted by Gasteiger charge is -2.44. The van der Waals surface area contributed by atoms with Crippen LogP contribution in [0, 0.1) is 10.8 Å². The van der Waals surface area contributed by atoms with Crippen LogP contribution >= 0.6 is 47.8 Å². The molecule has 0 radical (unpaired) electrons. The highest BCUT2D eigenvalue weighted by atomic mass is 79.9. The minimum atomic E-state index is -0.345. The Labute approximate surface area is 230 Å². The van der Waals surface area contributed by atoms with Gasteiger partial charge in [0.25, 0.3) is 0 Å². The zero-order valence-corrected chi connectivity index (χ0v) is 26.1. The van der Waals surface area contributed by atoms with Gasteiger partial charge in [-0.05, 0) is 94.9 Å². The molecule has 1 aliphatic carbocycles. The number of halogens is 3. The summed E-state index contributed by atoms with van der Waals surface area (Å²) < 4.78 is 5.72. The van der Waals surface area contributed by atoms with Crippen LogP contribution in [0.1, 0.15) is 96.0 Å². The normalized spacial score (nSPS) is 31.2. The van der Waals surface area contributed by atoms with Crippen LogP contribution in [-0.4, -0.2) is 31.2 Å².